The van der Waals surface area contributed by atoms with Crippen LogP contribution in [-0.2, 0) is 19.6 Å². The van der Waals surface area contributed by atoms with Crippen LogP contribution in [0.15, 0.2) is 72.0 Å². The van der Waals surface area contributed by atoms with Crippen molar-refractivity contribution in [2.45, 2.75) is 33.5 Å². The van der Waals surface area contributed by atoms with Crippen molar-refractivity contribution in [3.63, 3.8) is 0 Å². The van der Waals surface area contributed by atoms with Gasteiger partial charge >= 0.3 is 0 Å². The summed E-state index contributed by atoms with van der Waals surface area (Å²) in [4.78, 5) is 4.73. The molecule has 0 atom stereocenters. The first kappa shape index (κ1) is 18.7. The number of guanidine groups is 1. The minimum absolute atomic E-state index is 0.635. The van der Waals surface area contributed by atoms with E-state index in [0.717, 1.165) is 25.6 Å². The van der Waals surface area contributed by atoms with Crippen LogP contribution < -0.4 is 10.6 Å². The average Bonchev–Trinajstić information content (AvgIpc) is 3.18. The fraction of sp³-hybridized carbons (Fsp3) is 0.273. The molecule has 0 aliphatic rings. The van der Waals surface area contributed by atoms with Crippen molar-refractivity contribution in [2.75, 3.05) is 6.54 Å². The summed E-state index contributed by atoms with van der Waals surface area (Å²) < 4.78 is 1.93. The average molecular weight is 361 g/mol. The highest BCUT2D eigenvalue weighted by atomic mass is 15.3. The Bertz CT molecular complexity index is 851. The van der Waals surface area contributed by atoms with Gasteiger partial charge in [0.25, 0.3) is 0 Å². The zero-order valence-electron chi connectivity index (χ0n) is 16.0. The molecule has 0 spiro atoms. The predicted molar refractivity (Wildman–Crippen MR) is 111 cm³/mol. The van der Waals surface area contributed by atoms with Crippen molar-refractivity contribution in [3.05, 3.63) is 89.2 Å². The molecule has 0 fully saturated rings. The Kier molecular flexibility index (Phi) is 6.63. The summed E-state index contributed by atoms with van der Waals surface area (Å²) in [6.07, 6.45) is 3.78. The zero-order chi connectivity index (χ0) is 18.9. The third-order valence-electron chi connectivity index (χ3n) is 4.24. The van der Waals surface area contributed by atoms with E-state index in [-0.39, 0.29) is 0 Å². The molecule has 0 aliphatic heterocycles. The van der Waals surface area contributed by atoms with E-state index in [1.807, 2.05) is 16.9 Å². The summed E-state index contributed by atoms with van der Waals surface area (Å²) >= 11 is 0. The molecule has 3 aromatic rings. The summed E-state index contributed by atoms with van der Waals surface area (Å²) in [5.74, 6) is 0.829. The van der Waals surface area contributed by atoms with Gasteiger partial charge in [-0.1, -0.05) is 54.1 Å². The Balaban J connectivity index is 1.61. The number of nitrogens with zero attached hydrogens (tertiary/aromatic N) is 3. The summed E-state index contributed by atoms with van der Waals surface area (Å²) in [6, 6.07) is 19.0. The summed E-state index contributed by atoms with van der Waals surface area (Å²) in [6.45, 7) is 7.17. The molecule has 0 amide bonds. The second-order valence-corrected chi connectivity index (χ2v) is 6.56. The van der Waals surface area contributed by atoms with E-state index in [0.29, 0.717) is 6.54 Å². The Labute approximate surface area is 161 Å². The molecule has 1 aromatic heterocycles. The number of aromatic nitrogens is 2. The van der Waals surface area contributed by atoms with Crippen LogP contribution in [0.2, 0.25) is 0 Å². The van der Waals surface area contributed by atoms with Crippen molar-refractivity contribution < 1.29 is 0 Å². The lowest BCUT2D eigenvalue weighted by molar-refractivity contribution is 0.686. The van der Waals surface area contributed by atoms with E-state index in [1.54, 1.807) is 6.20 Å². The smallest absolute Gasteiger partial charge is 0.191 e. The van der Waals surface area contributed by atoms with Crippen molar-refractivity contribution >= 4 is 5.96 Å². The quantitative estimate of drug-likeness (QED) is 0.500. The molecule has 0 unspecified atom stereocenters. The molecule has 140 valence electrons. The minimum Gasteiger partial charge on any atom is -0.357 e. The predicted octanol–water partition coefficient (Wildman–Crippen LogP) is 3.50. The molecular formula is C22H27N5. The Hall–Kier alpha value is -3.08. The summed E-state index contributed by atoms with van der Waals surface area (Å²) in [5.41, 5.74) is 4.93. The monoisotopic (exact) mass is 361 g/mol. The van der Waals surface area contributed by atoms with Gasteiger partial charge in [-0.3, -0.25) is 4.68 Å². The van der Waals surface area contributed by atoms with Gasteiger partial charge in [0, 0.05) is 25.5 Å². The second-order valence-electron chi connectivity index (χ2n) is 6.56. The van der Waals surface area contributed by atoms with Gasteiger partial charge in [0.1, 0.15) is 0 Å². The number of rotatable bonds is 7. The SMILES string of the molecule is CCNC(=NCc1cccc(Cn2cccn2)c1)NCc1ccc(C)cc1. The van der Waals surface area contributed by atoms with Crippen LogP contribution in [0, 0.1) is 6.92 Å². The van der Waals surface area contributed by atoms with Crippen LogP contribution in [0.4, 0.5) is 0 Å². The van der Waals surface area contributed by atoms with Crippen LogP contribution in [0.25, 0.3) is 0 Å². The molecule has 0 radical (unpaired) electrons. The van der Waals surface area contributed by atoms with E-state index in [2.05, 4.69) is 78.1 Å². The van der Waals surface area contributed by atoms with Gasteiger partial charge in [-0.05, 0) is 36.6 Å². The normalized spacial score (nSPS) is 11.4. The van der Waals surface area contributed by atoms with Gasteiger partial charge in [-0.15, -0.1) is 0 Å². The van der Waals surface area contributed by atoms with Crippen molar-refractivity contribution in [1.29, 1.82) is 0 Å². The molecule has 5 nitrogen and oxygen atoms in total. The molecule has 1 heterocycles. The molecule has 5 heteroatoms. The highest BCUT2D eigenvalue weighted by Crippen LogP contribution is 2.08. The maximum Gasteiger partial charge on any atom is 0.191 e. The van der Waals surface area contributed by atoms with Crippen LogP contribution in [0.1, 0.15) is 29.2 Å². The van der Waals surface area contributed by atoms with Crippen molar-refractivity contribution in [3.8, 4) is 0 Å². The third kappa shape index (κ3) is 5.99. The molecule has 27 heavy (non-hydrogen) atoms. The number of benzene rings is 2. The first-order chi connectivity index (χ1) is 13.2. The highest BCUT2D eigenvalue weighted by molar-refractivity contribution is 5.79. The Morgan fingerprint density at radius 3 is 2.56 bits per heavy atom. The topological polar surface area (TPSA) is 54.2 Å². The van der Waals surface area contributed by atoms with E-state index in [1.165, 1.54) is 22.3 Å². The van der Waals surface area contributed by atoms with Gasteiger partial charge in [0.05, 0.1) is 13.1 Å². The lowest BCUT2D eigenvalue weighted by Crippen LogP contribution is -2.36. The standard InChI is InChI=1S/C22H27N5/c1-3-23-22(24-15-19-10-8-18(2)9-11-19)25-16-20-6-4-7-21(14-20)17-27-13-5-12-26-27/h4-14H,3,15-17H2,1-2H3,(H2,23,24,25). The summed E-state index contributed by atoms with van der Waals surface area (Å²) in [7, 11) is 0. The van der Waals surface area contributed by atoms with E-state index in [4.69, 9.17) is 4.99 Å². The van der Waals surface area contributed by atoms with Gasteiger partial charge in [-0.2, -0.15) is 5.10 Å². The number of aryl methyl sites for hydroxylation is 1. The van der Waals surface area contributed by atoms with Gasteiger partial charge in [0.2, 0.25) is 0 Å². The molecule has 0 saturated carbocycles. The molecule has 2 N–H and O–H groups in total. The molecule has 0 bridgehead atoms. The Morgan fingerprint density at radius 1 is 1.00 bits per heavy atom. The molecule has 2 aromatic carbocycles. The molecule has 0 aliphatic carbocycles. The van der Waals surface area contributed by atoms with Crippen LogP contribution in [-0.4, -0.2) is 22.3 Å². The van der Waals surface area contributed by atoms with E-state index < -0.39 is 0 Å². The van der Waals surface area contributed by atoms with E-state index >= 15 is 0 Å². The van der Waals surface area contributed by atoms with Crippen molar-refractivity contribution in [2.24, 2.45) is 4.99 Å². The van der Waals surface area contributed by atoms with Gasteiger partial charge < -0.3 is 10.6 Å². The number of hydrogen-bond donors (Lipinski definition) is 2. The van der Waals surface area contributed by atoms with Gasteiger partial charge in [0.15, 0.2) is 5.96 Å². The summed E-state index contributed by atoms with van der Waals surface area (Å²) in [5, 5.41) is 11.0. The number of nitrogens with one attached hydrogen (secondary N) is 2. The molecule has 0 saturated heterocycles. The number of aliphatic imine (C=N–C) groups is 1. The minimum atomic E-state index is 0.635. The first-order valence-corrected chi connectivity index (χ1v) is 9.36. The highest BCUT2D eigenvalue weighted by Gasteiger charge is 2.01. The lowest BCUT2D eigenvalue weighted by atomic mass is 10.1. The second kappa shape index (κ2) is 9.57. The maximum atomic E-state index is 4.73. The lowest BCUT2D eigenvalue weighted by Gasteiger charge is -2.12. The van der Waals surface area contributed by atoms with Crippen molar-refractivity contribution in [1.82, 2.24) is 20.4 Å². The first-order valence-electron chi connectivity index (χ1n) is 9.36. The fourth-order valence-corrected chi connectivity index (χ4v) is 2.81. The number of hydrogen-bond acceptors (Lipinski definition) is 2. The fourth-order valence-electron chi connectivity index (χ4n) is 2.81. The van der Waals surface area contributed by atoms with Crippen LogP contribution in [0.5, 0.6) is 0 Å². The Morgan fingerprint density at radius 2 is 1.81 bits per heavy atom. The largest absolute Gasteiger partial charge is 0.357 e. The van der Waals surface area contributed by atoms with Gasteiger partial charge in [-0.25, -0.2) is 4.99 Å². The van der Waals surface area contributed by atoms with Crippen LogP contribution in [0.3, 0.4) is 0 Å². The molecule has 3 rings (SSSR count). The third-order valence-corrected chi connectivity index (χ3v) is 4.24. The molecular weight excluding hydrogens is 334 g/mol. The van der Waals surface area contributed by atoms with E-state index in [9.17, 15) is 0 Å². The maximum absolute atomic E-state index is 4.73. The zero-order valence-corrected chi connectivity index (χ0v) is 16.0. The van der Waals surface area contributed by atoms with Crippen LogP contribution >= 0.6 is 0 Å².